The van der Waals surface area contributed by atoms with Crippen LogP contribution in [0.1, 0.15) is 37.0 Å². The second-order valence-corrected chi connectivity index (χ2v) is 10.9. The van der Waals surface area contributed by atoms with E-state index in [1.54, 1.807) is 25.1 Å². The first-order valence-corrected chi connectivity index (χ1v) is 13.1. The number of nitrogens with zero attached hydrogens (tertiary/aromatic N) is 1. The van der Waals surface area contributed by atoms with Gasteiger partial charge in [-0.05, 0) is 56.2 Å². The summed E-state index contributed by atoms with van der Waals surface area (Å²) < 4.78 is 44.1. The lowest BCUT2D eigenvalue weighted by atomic mass is 10.2. The number of esters is 1. The van der Waals surface area contributed by atoms with Gasteiger partial charge in [-0.15, -0.1) is 0 Å². The highest BCUT2D eigenvalue weighted by atomic mass is 32.2. The van der Waals surface area contributed by atoms with Gasteiger partial charge in [-0.25, -0.2) is 13.2 Å². The van der Waals surface area contributed by atoms with Gasteiger partial charge in [0.15, 0.2) is 6.10 Å². The van der Waals surface area contributed by atoms with Crippen molar-refractivity contribution in [3.8, 4) is 0 Å². The topological polar surface area (TPSA) is 110 Å². The van der Waals surface area contributed by atoms with Gasteiger partial charge < -0.3 is 10.1 Å². The maximum Gasteiger partial charge on any atom is 0.340 e. The molecule has 1 aliphatic rings. The maximum atomic E-state index is 12.6. The molecule has 2 aromatic carbocycles. The molecule has 0 aromatic heterocycles. The molecule has 1 saturated heterocycles. The van der Waals surface area contributed by atoms with Gasteiger partial charge in [0.25, 0.3) is 5.91 Å². The minimum absolute atomic E-state index is 0.156. The zero-order chi connectivity index (χ0) is 23.3. The fraction of sp³-hybridized carbons (Fsp3) is 0.364. The van der Waals surface area contributed by atoms with E-state index in [-0.39, 0.29) is 10.5 Å². The molecular weight excluding hydrogens is 452 g/mol. The number of nitrogens with one attached hydrogen (secondary N) is 1. The second-order valence-electron chi connectivity index (χ2n) is 7.30. The van der Waals surface area contributed by atoms with E-state index >= 15 is 0 Å². The van der Waals surface area contributed by atoms with Crippen LogP contribution in [0.25, 0.3) is 0 Å². The van der Waals surface area contributed by atoms with Crippen LogP contribution in [0.3, 0.4) is 0 Å². The molecule has 0 saturated carbocycles. The lowest BCUT2D eigenvalue weighted by molar-refractivity contribution is -0.123. The average molecular weight is 479 g/mol. The van der Waals surface area contributed by atoms with Crippen molar-refractivity contribution in [2.45, 2.75) is 42.6 Å². The average Bonchev–Trinajstić information content (AvgIpc) is 3.35. The summed E-state index contributed by atoms with van der Waals surface area (Å²) in [4.78, 5) is 25.5. The first kappa shape index (κ1) is 24.1. The van der Waals surface area contributed by atoms with Gasteiger partial charge in [0.1, 0.15) is 0 Å². The van der Waals surface area contributed by atoms with Crippen molar-refractivity contribution < 1.29 is 27.0 Å². The number of carbonyl (C=O) groups is 2. The summed E-state index contributed by atoms with van der Waals surface area (Å²) in [5.74, 6) is -0.955. The Morgan fingerprint density at radius 3 is 2.34 bits per heavy atom. The summed E-state index contributed by atoms with van der Waals surface area (Å²) in [5.41, 5.74) is 0.537. The number of anilines is 1. The van der Waals surface area contributed by atoms with Crippen LogP contribution in [0.2, 0.25) is 0 Å². The van der Waals surface area contributed by atoms with Crippen molar-refractivity contribution in [3.63, 3.8) is 0 Å². The smallest absolute Gasteiger partial charge is 0.340 e. The summed E-state index contributed by atoms with van der Waals surface area (Å²) in [6.07, 6.45) is 0.588. The van der Waals surface area contributed by atoms with Crippen molar-refractivity contribution >= 4 is 38.4 Å². The molecule has 1 heterocycles. The summed E-state index contributed by atoms with van der Waals surface area (Å²) in [5, 5.41) is 2.61. The number of benzene rings is 2. The Kier molecular flexibility index (Phi) is 7.81. The first-order valence-electron chi connectivity index (χ1n) is 10.3. The molecule has 32 heavy (non-hydrogen) atoms. The van der Waals surface area contributed by atoms with Gasteiger partial charge in [-0.3, -0.25) is 9.00 Å². The lowest BCUT2D eigenvalue weighted by Crippen LogP contribution is -2.30. The molecule has 8 nitrogen and oxygen atoms in total. The Labute approximate surface area is 190 Å². The number of ether oxygens (including phenoxy) is 1. The number of amides is 1. The Morgan fingerprint density at radius 2 is 1.72 bits per heavy atom. The van der Waals surface area contributed by atoms with Crippen molar-refractivity contribution in [3.05, 3.63) is 54.1 Å². The minimum atomic E-state index is -3.53. The molecule has 172 valence electrons. The molecule has 0 aliphatic carbocycles. The van der Waals surface area contributed by atoms with E-state index in [1.165, 1.54) is 41.6 Å². The highest BCUT2D eigenvalue weighted by Gasteiger charge is 2.27. The molecule has 1 aliphatic heterocycles. The number of carbonyl (C=O) groups excluding carboxylic acids is 2. The van der Waals surface area contributed by atoms with Crippen LogP contribution in [-0.2, 0) is 30.4 Å². The van der Waals surface area contributed by atoms with Gasteiger partial charge in [0.2, 0.25) is 10.0 Å². The van der Waals surface area contributed by atoms with E-state index < -0.39 is 38.8 Å². The number of sulfonamides is 1. The van der Waals surface area contributed by atoms with E-state index in [1.807, 2.05) is 0 Å². The third kappa shape index (κ3) is 5.43. The lowest BCUT2D eigenvalue weighted by Gasteiger charge is -2.17. The van der Waals surface area contributed by atoms with Gasteiger partial charge in [-0.2, -0.15) is 4.31 Å². The van der Waals surface area contributed by atoms with Crippen molar-refractivity contribution in [2.75, 3.05) is 24.2 Å². The number of rotatable bonds is 8. The standard InChI is InChI=1S/C22H26N2O6S2/c1-3-31(27)20-9-5-4-8-19(20)22(26)30-16(2)21(25)23-17-10-12-18(13-11-17)32(28,29)24-14-6-7-15-24/h4-5,8-13,16H,3,6-7,14-15H2,1-2H3,(H,23,25)/t16-,31+/m1/s1. The summed E-state index contributed by atoms with van der Waals surface area (Å²) in [6, 6.07) is 12.3. The van der Waals surface area contributed by atoms with E-state index in [2.05, 4.69) is 5.32 Å². The SMILES string of the molecule is CC[S@](=O)c1ccccc1C(=O)O[C@H](C)C(=O)Nc1ccc(S(=O)(=O)N2CCCC2)cc1. The molecule has 0 spiro atoms. The van der Waals surface area contributed by atoms with Gasteiger partial charge in [0.05, 0.1) is 26.2 Å². The summed E-state index contributed by atoms with van der Waals surface area (Å²) in [6.45, 7) is 4.20. The van der Waals surface area contributed by atoms with Gasteiger partial charge in [-0.1, -0.05) is 19.1 Å². The Hall–Kier alpha value is -2.56. The first-order chi connectivity index (χ1) is 15.2. The van der Waals surface area contributed by atoms with Crippen LogP contribution in [-0.4, -0.2) is 53.8 Å². The number of hydrogen-bond acceptors (Lipinski definition) is 6. The molecule has 0 radical (unpaired) electrons. The normalized spacial score (nSPS) is 16.3. The maximum absolute atomic E-state index is 12.6. The van der Waals surface area contributed by atoms with Crippen LogP contribution < -0.4 is 5.32 Å². The monoisotopic (exact) mass is 478 g/mol. The Bertz CT molecular complexity index is 1110. The highest BCUT2D eigenvalue weighted by Crippen LogP contribution is 2.22. The molecule has 1 N–H and O–H groups in total. The fourth-order valence-corrected chi connectivity index (χ4v) is 5.75. The highest BCUT2D eigenvalue weighted by molar-refractivity contribution is 7.89. The predicted molar refractivity (Wildman–Crippen MR) is 121 cm³/mol. The quantitative estimate of drug-likeness (QED) is 0.584. The molecule has 0 unspecified atom stereocenters. The molecule has 2 aromatic rings. The van der Waals surface area contributed by atoms with E-state index in [0.717, 1.165) is 12.8 Å². The molecule has 2 atom stereocenters. The van der Waals surface area contributed by atoms with Crippen LogP contribution in [0.5, 0.6) is 0 Å². The van der Waals surface area contributed by atoms with Crippen LogP contribution in [0, 0.1) is 0 Å². The second kappa shape index (κ2) is 10.4. The minimum Gasteiger partial charge on any atom is -0.449 e. The van der Waals surface area contributed by atoms with Crippen molar-refractivity contribution in [1.82, 2.24) is 4.31 Å². The Balaban J connectivity index is 1.64. The third-order valence-corrected chi connectivity index (χ3v) is 8.38. The molecule has 0 bridgehead atoms. The summed E-state index contributed by atoms with van der Waals surface area (Å²) in [7, 11) is -4.88. The van der Waals surface area contributed by atoms with Gasteiger partial charge in [0, 0.05) is 24.5 Å². The largest absolute Gasteiger partial charge is 0.449 e. The van der Waals surface area contributed by atoms with Crippen LogP contribution in [0.15, 0.2) is 58.3 Å². The van der Waals surface area contributed by atoms with E-state index in [4.69, 9.17) is 4.74 Å². The Morgan fingerprint density at radius 1 is 1.09 bits per heavy atom. The zero-order valence-corrected chi connectivity index (χ0v) is 19.6. The molecule has 1 amide bonds. The zero-order valence-electron chi connectivity index (χ0n) is 17.9. The van der Waals surface area contributed by atoms with E-state index in [0.29, 0.717) is 29.4 Å². The van der Waals surface area contributed by atoms with E-state index in [9.17, 15) is 22.2 Å². The fourth-order valence-electron chi connectivity index (χ4n) is 3.30. The van der Waals surface area contributed by atoms with Crippen LogP contribution >= 0.6 is 0 Å². The molecule has 1 fully saturated rings. The summed E-state index contributed by atoms with van der Waals surface area (Å²) >= 11 is 0. The third-order valence-electron chi connectivity index (χ3n) is 5.09. The van der Waals surface area contributed by atoms with Crippen molar-refractivity contribution in [2.24, 2.45) is 0 Å². The van der Waals surface area contributed by atoms with Crippen molar-refractivity contribution in [1.29, 1.82) is 0 Å². The molecular formula is C22H26N2O6S2. The van der Waals surface area contributed by atoms with Crippen LogP contribution in [0.4, 0.5) is 5.69 Å². The molecule has 3 rings (SSSR count). The predicted octanol–water partition coefficient (Wildman–Crippen LogP) is 2.78. The number of hydrogen-bond donors (Lipinski definition) is 1. The molecule has 10 heteroatoms. The van der Waals surface area contributed by atoms with Gasteiger partial charge >= 0.3 is 5.97 Å².